The number of carbonyl (C=O) groups excluding carboxylic acids is 1. The van der Waals surface area contributed by atoms with Crippen LogP contribution in [0.15, 0.2) is 18.3 Å². The molecule has 2 fully saturated rings. The molecule has 1 aromatic heterocycles. The van der Waals surface area contributed by atoms with Crippen LogP contribution in [0.5, 0.6) is 0 Å². The number of amides is 1. The monoisotopic (exact) mass is 384 g/mol. The largest absolute Gasteiger partial charge is 0.383 e. The van der Waals surface area contributed by atoms with E-state index in [1.54, 1.807) is 0 Å². The molecule has 0 bridgehead atoms. The lowest BCUT2D eigenvalue weighted by Crippen LogP contribution is -2.54. The van der Waals surface area contributed by atoms with E-state index in [1.807, 2.05) is 10.8 Å². The molecule has 0 unspecified atom stereocenters. The van der Waals surface area contributed by atoms with Crippen molar-refractivity contribution in [3.63, 3.8) is 0 Å². The van der Waals surface area contributed by atoms with Crippen molar-refractivity contribution in [2.24, 2.45) is 5.92 Å². The Morgan fingerprint density at radius 1 is 1.29 bits per heavy atom. The molecule has 1 aliphatic heterocycles. The average Bonchev–Trinajstić information content (AvgIpc) is 2.83. The van der Waals surface area contributed by atoms with Gasteiger partial charge in [-0.3, -0.25) is 4.79 Å². The number of carbonyl (C=O) groups is 1. The van der Waals surface area contributed by atoms with E-state index in [0.717, 1.165) is 29.1 Å². The molecule has 2 heterocycles. The molecule has 0 radical (unpaired) electrons. The summed E-state index contributed by atoms with van der Waals surface area (Å²) < 4.78 is 7.24. The average molecular weight is 385 g/mol. The Balaban J connectivity index is 1.60. The molecule has 1 amide bonds. The van der Waals surface area contributed by atoms with E-state index < -0.39 is 5.60 Å². The number of nitrogens with one attached hydrogen (secondary N) is 1. The van der Waals surface area contributed by atoms with Gasteiger partial charge < -0.3 is 19.7 Å². The lowest BCUT2D eigenvalue weighted by atomic mass is 10.0. The van der Waals surface area contributed by atoms with Gasteiger partial charge in [-0.05, 0) is 37.7 Å². The van der Waals surface area contributed by atoms with Crippen LogP contribution < -0.4 is 15.9 Å². The number of fused-ring (bicyclic) bond motifs is 1. The summed E-state index contributed by atoms with van der Waals surface area (Å²) in [5.74, 6) is 0.593. The molecule has 2 N–H and O–H groups in total. The second-order valence-corrected chi connectivity index (χ2v) is 8.74. The maximum Gasteiger partial charge on any atom is 0.253 e. The zero-order valence-corrected chi connectivity index (χ0v) is 16.9. The number of aromatic nitrogens is 1. The highest BCUT2D eigenvalue weighted by Gasteiger charge is 2.37. The van der Waals surface area contributed by atoms with Crippen LogP contribution in [0.3, 0.4) is 0 Å². The van der Waals surface area contributed by atoms with Gasteiger partial charge in [0, 0.05) is 23.3 Å². The van der Waals surface area contributed by atoms with Gasteiger partial charge in [-0.15, -0.1) is 0 Å². The number of allylic oxidation sites excluding steroid dienone is 2. The minimum absolute atomic E-state index is 0.000791. The molecule has 28 heavy (non-hydrogen) atoms. The third-order valence-electron chi connectivity index (χ3n) is 6.31. The third kappa shape index (κ3) is 4.11. The molecule has 4 rings (SSSR count). The van der Waals surface area contributed by atoms with Gasteiger partial charge in [-0.1, -0.05) is 43.9 Å². The Hall–Kier alpha value is -1.85. The Morgan fingerprint density at radius 3 is 2.71 bits per heavy atom. The van der Waals surface area contributed by atoms with E-state index in [-0.39, 0.29) is 5.91 Å². The van der Waals surface area contributed by atoms with E-state index >= 15 is 0 Å². The van der Waals surface area contributed by atoms with Crippen LogP contribution in [-0.4, -0.2) is 40.9 Å². The molecule has 1 aromatic rings. The highest BCUT2D eigenvalue weighted by Crippen LogP contribution is 2.22. The molecule has 152 valence electrons. The first kappa shape index (κ1) is 19.5. The summed E-state index contributed by atoms with van der Waals surface area (Å²) in [5, 5.41) is 15.8. The van der Waals surface area contributed by atoms with Crippen LogP contribution in [0, 0.1) is 5.92 Å². The van der Waals surface area contributed by atoms with Gasteiger partial charge in [0.1, 0.15) is 5.60 Å². The summed E-state index contributed by atoms with van der Waals surface area (Å²) in [6, 6.07) is 0. The summed E-state index contributed by atoms with van der Waals surface area (Å²) in [6.45, 7) is 3.97. The van der Waals surface area contributed by atoms with Crippen LogP contribution in [-0.2, 0) is 11.3 Å². The van der Waals surface area contributed by atoms with Crippen molar-refractivity contribution in [2.45, 2.75) is 64.0 Å². The quantitative estimate of drug-likeness (QED) is 0.762. The fourth-order valence-electron chi connectivity index (χ4n) is 4.66. The molecule has 0 spiro atoms. The highest BCUT2D eigenvalue weighted by atomic mass is 16.5. The number of nitrogens with zero attached hydrogens (tertiary/aromatic N) is 1. The predicted molar refractivity (Wildman–Crippen MR) is 110 cm³/mol. The first-order chi connectivity index (χ1) is 13.6. The smallest absolute Gasteiger partial charge is 0.253 e. The minimum Gasteiger partial charge on any atom is -0.383 e. The second kappa shape index (κ2) is 8.26. The molecule has 1 saturated carbocycles. The maximum atomic E-state index is 13.1. The predicted octanol–water partition coefficient (Wildman–Crippen LogP) is 1.86. The zero-order valence-electron chi connectivity index (χ0n) is 16.9. The minimum atomic E-state index is -0.831. The van der Waals surface area contributed by atoms with Crippen LogP contribution in [0.4, 0.5) is 0 Å². The molecule has 5 nitrogen and oxygen atoms in total. The molecular formula is C23H32N2O3. The van der Waals surface area contributed by atoms with E-state index in [2.05, 4.69) is 30.5 Å². The van der Waals surface area contributed by atoms with Crippen molar-refractivity contribution in [3.05, 3.63) is 34.5 Å². The summed E-state index contributed by atoms with van der Waals surface area (Å²) in [6.07, 6.45) is 16.7. The Kier molecular flexibility index (Phi) is 5.74. The SMILES string of the molecule is CC1=c2c(C(=O)NCC3CCCCCC3)cn(CC3(O)COC3)c2=CCC=C1. The van der Waals surface area contributed by atoms with Gasteiger partial charge in [0.05, 0.1) is 25.3 Å². The lowest BCUT2D eigenvalue weighted by molar-refractivity contribution is -0.185. The summed E-state index contributed by atoms with van der Waals surface area (Å²) in [7, 11) is 0. The van der Waals surface area contributed by atoms with Crippen LogP contribution in [0.1, 0.15) is 62.2 Å². The topological polar surface area (TPSA) is 63.5 Å². The second-order valence-electron chi connectivity index (χ2n) is 8.74. The molecule has 3 aliphatic rings. The summed E-state index contributed by atoms with van der Waals surface area (Å²) in [4.78, 5) is 13.1. The maximum absolute atomic E-state index is 13.1. The van der Waals surface area contributed by atoms with Gasteiger partial charge >= 0.3 is 0 Å². The molecular weight excluding hydrogens is 352 g/mol. The number of rotatable bonds is 5. The fraction of sp³-hybridized carbons (Fsp3) is 0.609. The third-order valence-corrected chi connectivity index (χ3v) is 6.31. The lowest BCUT2D eigenvalue weighted by Gasteiger charge is -2.36. The van der Waals surface area contributed by atoms with Crippen molar-refractivity contribution in [1.29, 1.82) is 0 Å². The molecule has 0 atom stereocenters. The molecule has 2 aliphatic carbocycles. The van der Waals surface area contributed by atoms with Crippen LogP contribution in [0.2, 0.25) is 0 Å². The van der Waals surface area contributed by atoms with E-state index in [1.165, 1.54) is 38.5 Å². The highest BCUT2D eigenvalue weighted by molar-refractivity contribution is 5.95. The van der Waals surface area contributed by atoms with Crippen LogP contribution in [0.25, 0.3) is 11.6 Å². The number of ether oxygens (including phenoxy) is 1. The summed E-state index contributed by atoms with van der Waals surface area (Å²) >= 11 is 0. The zero-order chi connectivity index (χ0) is 19.6. The van der Waals surface area contributed by atoms with Crippen molar-refractivity contribution < 1.29 is 14.6 Å². The molecule has 0 aromatic carbocycles. The normalized spacial score (nSPS) is 21.9. The van der Waals surface area contributed by atoms with E-state index in [0.29, 0.717) is 31.2 Å². The van der Waals surface area contributed by atoms with Crippen molar-refractivity contribution in [2.75, 3.05) is 19.8 Å². The number of aliphatic hydroxyl groups is 1. The van der Waals surface area contributed by atoms with E-state index in [9.17, 15) is 9.90 Å². The van der Waals surface area contributed by atoms with Crippen molar-refractivity contribution >= 4 is 17.6 Å². The number of hydrogen-bond donors (Lipinski definition) is 2. The van der Waals surface area contributed by atoms with Gasteiger partial charge in [-0.25, -0.2) is 0 Å². The number of hydrogen-bond acceptors (Lipinski definition) is 3. The first-order valence-electron chi connectivity index (χ1n) is 10.7. The van der Waals surface area contributed by atoms with Gasteiger partial charge in [0.25, 0.3) is 5.91 Å². The van der Waals surface area contributed by atoms with E-state index in [4.69, 9.17) is 4.74 Å². The van der Waals surface area contributed by atoms with Gasteiger partial charge in [-0.2, -0.15) is 0 Å². The van der Waals surface area contributed by atoms with Gasteiger partial charge in [0.15, 0.2) is 0 Å². The first-order valence-corrected chi connectivity index (χ1v) is 10.7. The Labute approximate surface area is 166 Å². The van der Waals surface area contributed by atoms with Crippen LogP contribution >= 0.6 is 0 Å². The Morgan fingerprint density at radius 2 is 2.04 bits per heavy atom. The van der Waals surface area contributed by atoms with Crippen molar-refractivity contribution in [1.82, 2.24) is 9.88 Å². The summed E-state index contributed by atoms with van der Waals surface area (Å²) in [5.41, 5.74) is 0.981. The molecule has 5 heteroatoms. The van der Waals surface area contributed by atoms with Gasteiger partial charge in [0.2, 0.25) is 0 Å². The molecule has 1 saturated heterocycles. The Bertz CT molecular complexity index is 868. The fourth-order valence-corrected chi connectivity index (χ4v) is 4.66. The standard InChI is InChI=1S/C23H32N2O3/c1-17-8-6-7-11-20-21(17)19(13-25(20)14-23(27)15-28-16-23)22(26)24-12-18-9-4-2-3-5-10-18/h6,8,11,13,18,27H,2-5,7,9-10,12,14-16H2,1H3,(H,24,26). The van der Waals surface area contributed by atoms with Crippen molar-refractivity contribution in [3.8, 4) is 0 Å².